The zero-order valence-corrected chi connectivity index (χ0v) is 23.4. The molecule has 0 aliphatic carbocycles. The first-order valence-corrected chi connectivity index (χ1v) is 14.4. The van der Waals surface area contributed by atoms with Crippen molar-refractivity contribution in [2.75, 3.05) is 7.11 Å². The third kappa shape index (κ3) is 4.96. The number of aryl methyl sites for hydroxylation is 2. The molecule has 4 heterocycles. The van der Waals surface area contributed by atoms with E-state index in [9.17, 15) is 19.2 Å². The largest absolute Gasteiger partial charge is 0.495 e. The molecule has 212 valence electrons. The van der Waals surface area contributed by atoms with Crippen LogP contribution in [0.4, 0.5) is 0 Å². The number of carbonyl (C=O) groups is 3. The van der Waals surface area contributed by atoms with E-state index in [2.05, 4.69) is 0 Å². The number of nitrogens with zero attached hydrogens (tertiary/aromatic N) is 1. The summed E-state index contributed by atoms with van der Waals surface area (Å²) in [4.78, 5) is 52.6. The van der Waals surface area contributed by atoms with Gasteiger partial charge in [-0.2, -0.15) is 0 Å². The van der Waals surface area contributed by atoms with E-state index >= 15 is 0 Å². The van der Waals surface area contributed by atoms with Crippen LogP contribution in [-0.4, -0.2) is 35.5 Å². The van der Waals surface area contributed by atoms with Crippen LogP contribution in [0.5, 0.6) is 11.5 Å². The molecule has 3 aliphatic rings. The van der Waals surface area contributed by atoms with Crippen LogP contribution in [0.2, 0.25) is 0 Å². The topological polar surface area (TPSA) is 101 Å². The number of hydrogen-bond acceptors (Lipinski definition) is 7. The Bertz CT molecular complexity index is 1660. The summed E-state index contributed by atoms with van der Waals surface area (Å²) in [5.41, 5.74) is 3.60. The SMILES string of the molecule is COc1c2c(cc3c1[C@@H](c1cc4cccc5c4n(c1=O)CC5)CC(=O)O3)C=CCCCC(=O)CCC[C@@H](C)OC2=O. The van der Waals surface area contributed by atoms with E-state index in [-0.39, 0.29) is 34.8 Å². The van der Waals surface area contributed by atoms with Crippen LogP contribution in [0.3, 0.4) is 0 Å². The molecule has 0 saturated heterocycles. The zero-order chi connectivity index (χ0) is 28.7. The average molecular weight is 556 g/mol. The lowest BCUT2D eigenvalue weighted by Crippen LogP contribution is -2.30. The van der Waals surface area contributed by atoms with E-state index in [1.165, 1.54) is 7.11 Å². The van der Waals surface area contributed by atoms with Crippen LogP contribution in [0.15, 0.2) is 41.2 Å². The maximum Gasteiger partial charge on any atom is 0.342 e. The molecule has 0 unspecified atom stereocenters. The third-order valence-corrected chi connectivity index (χ3v) is 8.37. The molecule has 0 radical (unpaired) electrons. The molecular weight excluding hydrogens is 522 g/mol. The molecule has 3 aliphatic heterocycles. The predicted molar refractivity (Wildman–Crippen MR) is 154 cm³/mol. The number of pyridine rings is 1. The number of ether oxygens (including phenoxy) is 3. The number of methoxy groups -OCH3 is 1. The monoisotopic (exact) mass is 555 g/mol. The number of allylic oxidation sites excluding steroid dienone is 1. The Balaban J connectivity index is 1.53. The van der Waals surface area contributed by atoms with Crippen molar-refractivity contribution in [1.82, 2.24) is 4.57 Å². The first kappa shape index (κ1) is 27.0. The standard InChI is InChI=1S/C33H33NO7/c1-19-8-6-13-23(35)12-5-3-4-9-21-17-26-29(31(39-2)28(21)33(38)40-19)24(18-27(36)41-26)25-16-22-11-7-10-20-14-15-34(30(20)22)32(25)37/h4,7,9-11,16-17,19,24H,3,5-6,8,12-15,18H2,1-2H3/t19-,24-/m1/s1. The highest BCUT2D eigenvalue weighted by Crippen LogP contribution is 2.47. The quantitative estimate of drug-likeness (QED) is 0.305. The molecule has 0 N–H and O–H groups in total. The van der Waals surface area contributed by atoms with E-state index in [4.69, 9.17) is 14.2 Å². The minimum atomic E-state index is -0.662. The van der Waals surface area contributed by atoms with Gasteiger partial charge in [-0.15, -0.1) is 0 Å². The van der Waals surface area contributed by atoms with Crippen LogP contribution < -0.4 is 15.0 Å². The summed E-state index contributed by atoms with van der Waals surface area (Å²) in [7, 11) is 1.47. The maximum absolute atomic E-state index is 13.8. The number of cyclic esters (lactones) is 1. The lowest BCUT2D eigenvalue weighted by atomic mass is 9.83. The summed E-state index contributed by atoms with van der Waals surface area (Å²) in [5, 5.41) is 0.932. The number of aromatic nitrogens is 1. The normalized spacial score (nSPS) is 21.1. The summed E-state index contributed by atoms with van der Waals surface area (Å²) in [6, 6.07) is 9.52. The Morgan fingerprint density at radius 3 is 2.68 bits per heavy atom. The number of benzene rings is 2. The molecular formula is C33H33NO7. The van der Waals surface area contributed by atoms with E-state index in [0.29, 0.717) is 61.8 Å². The molecule has 0 spiro atoms. The molecule has 2 atom stereocenters. The van der Waals surface area contributed by atoms with Crippen molar-refractivity contribution < 1.29 is 28.6 Å². The molecule has 0 bridgehead atoms. The Hall–Kier alpha value is -4.20. The second-order valence-electron chi connectivity index (χ2n) is 11.1. The van der Waals surface area contributed by atoms with Crippen LogP contribution in [0.1, 0.15) is 90.4 Å². The number of Topliss-reactive ketones (excluding diaryl/α,β-unsaturated/α-hetero) is 1. The molecule has 0 saturated carbocycles. The number of fused-ring (bicyclic) bond motifs is 2. The molecule has 3 aromatic rings. The van der Waals surface area contributed by atoms with E-state index in [1.807, 2.05) is 37.3 Å². The van der Waals surface area contributed by atoms with Crippen LogP contribution >= 0.6 is 0 Å². The van der Waals surface area contributed by atoms with Gasteiger partial charge in [0.1, 0.15) is 22.8 Å². The number of ketones is 1. The average Bonchev–Trinajstić information content (AvgIpc) is 3.38. The first-order valence-electron chi connectivity index (χ1n) is 14.4. The van der Waals surface area contributed by atoms with E-state index in [0.717, 1.165) is 22.9 Å². The zero-order valence-electron chi connectivity index (χ0n) is 23.4. The summed E-state index contributed by atoms with van der Waals surface area (Å²) in [5.74, 6) is -0.965. The highest BCUT2D eigenvalue weighted by Gasteiger charge is 2.38. The number of para-hydroxylation sites is 1. The van der Waals surface area contributed by atoms with Gasteiger partial charge in [0.25, 0.3) is 5.56 Å². The summed E-state index contributed by atoms with van der Waals surface area (Å²) < 4.78 is 19.2. The minimum Gasteiger partial charge on any atom is -0.495 e. The molecule has 1 aromatic heterocycles. The van der Waals surface area contributed by atoms with Crippen LogP contribution in [0.25, 0.3) is 17.0 Å². The second kappa shape index (κ2) is 11.0. The lowest BCUT2D eigenvalue weighted by Gasteiger charge is -2.29. The fourth-order valence-corrected chi connectivity index (χ4v) is 6.42. The predicted octanol–water partition coefficient (Wildman–Crippen LogP) is 5.49. The number of hydrogen-bond donors (Lipinski definition) is 0. The van der Waals surface area contributed by atoms with Crippen molar-refractivity contribution in [3.8, 4) is 11.5 Å². The van der Waals surface area contributed by atoms with E-state index < -0.39 is 24.0 Å². The van der Waals surface area contributed by atoms with Gasteiger partial charge in [0.15, 0.2) is 0 Å². The summed E-state index contributed by atoms with van der Waals surface area (Å²) >= 11 is 0. The smallest absolute Gasteiger partial charge is 0.342 e. The van der Waals surface area contributed by atoms with Gasteiger partial charge < -0.3 is 18.8 Å². The minimum absolute atomic E-state index is 0.0576. The van der Waals surface area contributed by atoms with Gasteiger partial charge in [0, 0.05) is 36.4 Å². The molecule has 6 rings (SSSR count). The Morgan fingerprint density at radius 1 is 1.02 bits per heavy atom. The number of esters is 2. The Kier molecular flexibility index (Phi) is 7.24. The fourth-order valence-electron chi connectivity index (χ4n) is 6.42. The van der Waals surface area contributed by atoms with Crippen molar-refractivity contribution in [2.45, 2.75) is 76.9 Å². The number of rotatable bonds is 2. The van der Waals surface area contributed by atoms with Crippen molar-refractivity contribution in [3.63, 3.8) is 0 Å². The van der Waals surface area contributed by atoms with Gasteiger partial charge in [-0.25, -0.2) is 4.79 Å². The first-order chi connectivity index (χ1) is 19.9. The lowest BCUT2D eigenvalue weighted by molar-refractivity contribution is -0.135. The van der Waals surface area contributed by atoms with Gasteiger partial charge in [-0.1, -0.05) is 30.4 Å². The van der Waals surface area contributed by atoms with Crippen molar-refractivity contribution in [2.24, 2.45) is 0 Å². The number of carbonyl (C=O) groups excluding carboxylic acids is 3. The van der Waals surface area contributed by atoms with E-state index in [1.54, 1.807) is 16.7 Å². The Morgan fingerprint density at radius 2 is 1.85 bits per heavy atom. The van der Waals surface area contributed by atoms with Gasteiger partial charge in [-0.3, -0.25) is 14.4 Å². The summed E-state index contributed by atoms with van der Waals surface area (Å²) in [6.07, 6.45) is 7.53. The second-order valence-corrected chi connectivity index (χ2v) is 11.1. The molecule has 8 nitrogen and oxygen atoms in total. The highest BCUT2D eigenvalue weighted by atomic mass is 16.5. The molecule has 0 fully saturated rings. The van der Waals surface area contributed by atoms with Crippen molar-refractivity contribution >= 4 is 34.7 Å². The Labute approximate surface area is 237 Å². The fraction of sp³-hybridized carbons (Fsp3) is 0.394. The highest BCUT2D eigenvalue weighted by molar-refractivity contribution is 5.99. The van der Waals surface area contributed by atoms with Gasteiger partial charge >= 0.3 is 11.9 Å². The van der Waals surface area contributed by atoms with Gasteiger partial charge in [-0.05, 0) is 67.7 Å². The molecule has 0 amide bonds. The molecule has 2 aromatic carbocycles. The molecule has 8 heteroatoms. The van der Waals surface area contributed by atoms with Crippen LogP contribution in [-0.2, 0) is 27.3 Å². The van der Waals surface area contributed by atoms with Crippen LogP contribution in [0, 0.1) is 0 Å². The third-order valence-electron chi connectivity index (χ3n) is 8.37. The van der Waals surface area contributed by atoms with Gasteiger partial charge in [0.2, 0.25) is 0 Å². The van der Waals surface area contributed by atoms with Gasteiger partial charge in [0.05, 0.1) is 25.2 Å². The maximum atomic E-state index is 13.8. The molecule has 41 heavy (non-hydrogen) atoms. The van der Waals surface area contributed by atoms with Crippen molar-refractivity contribution in [3.05, 3.63) is 74.6 Å². The van der Waals surface area contributed by atoms with Crippen molar-refractivity contribution in [1.29, 1.82) is 0 Å². The summed E-state index contributed by atoms with van der Waals surface area (Å²) in [6.45, 7) is 2.39.